The van der Waals surface area contributed by atoms with Gasteiger partial charge in [0.05, 0.1) is 34.3 Å². The van der Waals surface area contributed by atoms with Gasteiger partial charge in [0.25, 0.3) is 5.91 Å². The SMILES string of the molecule is CC(=O)N1CCc2c(c(-c3cccc4cc(-c5cnn(CC6CC7(C6)CN(c6ccc(C(=O)NC8CCC(Oc9ccc(C#N)c(Cl)c9)CC8)nn6)C7)c5)ncc34)nn2C)C1. The fraction of sp³-hybridized carbons (Fsp3) is 0.391. The molecular weight excluding hydrogens is 790 g/mol. The van der Waals surface area contributed by atoms with Gasteiger partial charge in [-0.2, -0.15) is 15.5 Å². The largest absolute Gasteiger partial charge is 0.490 e. The van der Waals surface area contributed by atoms with E-state index in [1.54, 1.807) is 31.2 Å². The molecule has 2 aliphatic heterocycles. The Bertz CT molecular complexity index is 2700. The lowest BCUT2D eigenvalue weighted by Gasteiger charge is -2.59. The third-order valence-electron chi connectivity index (χ3n) is 13.2. The van der Waals surface area contributed by atoms with E-state index in [-0.39, 0.29) is 24.0 Å². The van der Waals surface area contributed by atoms with Crippen molar-refractivity contribution in [1.82, 2.24) is 45.0 Å². The molecule has 3 fully saturated rings. The monoisotopic (exact) mass is 835 g/mol. The number of rotatable bonds is 9. The molecule has 2 amide bonds. The summed E-state index contributed by atoms with van der Waals surface area (Å²) < 4.78 is 10.1. The Labute approximate surface area is 358 Å². The number of nitriles is 1. The van der Waals surface area contributed by atoms with Crippen molar-refractivity contribution in [1.29, 1.82) is 5.26 Å². The Morgan fingerprint density at radius 2 is 1.87 bits per heavy atom. The number of aromatic nitrogens is 7. The Morgan fingerprint density at radius 3 is 2.62 bits per heavy atom. The lowest BCUT2D eigenvalue weighted by atomic mass is 9.57. The number of ether oxygens (including phenoxy) is 1. The molecule has 1 N–H and O–H groups in total. The fourth-order valence-electron chi connectivity index (χ4n) is 10.0. The molecule has 6 heterocycles. The molecule has 2 aromatic carbocycles. The predicted molar refractivity (Wildman–Crippen MR) is 230 cm³/mol. The van der Waals surface area contributed by atoms with Crippen LogP contribution in [0.3, 0.4) is 0 Å². The number of pyridine rings is 1. The first kappa shape index (κ1) is 38.8. The summed E-state index contributed by atoms with van der Waals surface area (Å²) in [4.78, 5) is 34.3. The number of amides is 2. The Balaban J connectivity index is 0.694. The van der Waals surface area contributed by atoms with E-state index in [0.29, 0.717) is 46.5 Å². The van der Waals surface area contributed by atoms with Crippen molar-refractivity contribution in [2.75, 3.05) is 24.5 Å². The molecule has 14 nitrogen and oxygen atoms in total. The number of nitrogens with one attached hydrogen (secondary N) is 1. The summed E-state index contributed by atoms with van der Waals surface area (Å²) in [6, 6.07) is 19.3. The van der Waals surface area contributed by atoms with Crippen molar-refractivity contribution in [3.63, 3.8) is 0 Å². The predicted octanol–water partition coefficient (Wildman–Crippen LogP) is 6.76. The normalized spacial score (nSPS) is 19.5. The molecule has 15 heteroatoms. The van der Waals surface area contributed by atoms with E-state index in [0.717, 1.165) is 109 Å². The first-order valence-electron chi connectivity index (χ1n) is 21.1. The second-order valence-corrected chi connectivity index (χ2v) is 17.8. The molecule has 10 rings (SSSR count). The molecule has 2 aliphatic carbocycles. The number of anilines is 1. The summed E-state index contributed by atoms with van der Waals surface area (Å²) in [7, 11) is 1.99. The average Bonchev–Trinajstić information content (AvgIpc) is 3.85. The van der Waals surface area contributed by atoms with E-state index in [9.17, 15) is 9.59 Å². The second kappa shape index (κ2) is 15.6. The maximum absolute atomic E-state index is 13.0. The van der Waals surface area contributed by atoms with E-state index in [1.807, 2.05) is 35.1 Å². The maximum atomic E-state index is 13.0. The minimum absolute atomic E-state index is 0.0313. The summed E-state index contributed by atoms with van der Waals surface area (Å²) in [6.07, 6.45) is 12.3. The Morgan fingerprint density at radius 1 is 1.03 bits per heavy atom. The highest BCUT2D eigenvalue weighted by Gasteiger charge is 2.52. The van der Waals surface area contributed by atoms with Gasteiger partial charge in [-0.05, 0) is 80.2 Å². The topological polar surface area (TPSA) is 160 Å². The highest BCUT2D eigenvalue weighted by atomic mass is 35.5. The molecule has 0 bridgehead atoms. The zero-order chi connectivity index (χ0) is 41.8. The molecule has 0 unspecified atom stereocenters. The van der Waals surface area contributed by atoms with E-state index < -0.39 is 0 Å². The van der Waals surface area contributed by atoms with Gasteiger partial charge >= 0.3 is 0 Å². The van der Waals surface area contributed by atoms with Gasteiger partial charge in [-0.3, -0.25) is 23.9 Å². The summed E-state index contributed by atoms with van der Waals surface area (Å²) in [6.45, 7) is 5.66. The van der Waals surface area contributed by atoms with Crippen LogP contribution in [0.15, 0.2) is 73.2 Å². The quantitative estimate of drug-likeness (QED) is 0.165. The first-order chi connectivity index (χ1) is 29.6. The van der Waals surface area contributed by atoms with E-state index >= 15 is 0 Å². The fourth-order valence-corrected chi connectivity index (χ4v) is 10.2. The van der Waals surface area contributed by atoms with Gasteiger partial charge in [0.1, 0.15) is 11.8 Å². The third kappa shape index (κ3) is 7.56. The van der Waals surface area contributed by atoms with Crippen molar-refractivity contribution < 1.29 is 14.3 Å². The number of aryl methyl sites for hydroxylation is 1. The van der Waals surface area contributed by atoms with Crippen molar-refractivity contribution in [2.45, 2.75) is 77.1 Å². The molecule has 4 aromatic heterocycles. The molecule has 2 saturated carbocycles. The summed E-state index contributed by atoms with van der Waals surface area (Å²) in [5.74, 6) is 1.88. The smallest absolute Gasteiger partial charge is 0.272 e. The van der Waals surface area contributed by atoms with Crippen LogP contribution in [0.5, 0.6) is 5.75 Å². The van der Waals surface area contributed by atoms with Crippen molar-refractivity contribution in [2.24, 2.45) is 18.4 Å². The number of nitrogens with zero attached hydrogens (tertiary/aromatic N) is 10. The summed E-state index contributed by atoms with van der Waals surface area (Å²) in [5, 5.41) is 33.1. The van der Waals surface area contributed by atoms with Gasteiger partial charge in [0.15, 0.2) is 11.5 Å². The molecule has 61 heavy (non-hydrogen) atoms. The lowest BCUT2D eigenvalue weighted by Crippen LogP contribution is -2.63. The maximum Gasteiger partial charge on any atom is 0.272 e. The minimum atomic E-state index is -0.209. The van der Waals surface area contributed by atoms with Crippen LogP contribution in [0.4, 0.5) is 5.82 Å². The number of hydrogen-bond acceptors (Lipinski definition) is 10. The molecule has 1 saturated heterocycles. The number of hydrogen-bond donors (Lipinski definition) is 1. The number of carbonyl (C=O) groups is 2. The number of benzene rings is 2. The summed E-state index contributed by atoms with van der Waals surface area (Å²) in [5.41, 5.74) is 7.16. The van der Waals surface area contributed by atoms with Crippen LogP contribution in [0, 0.1) is 22.7 Å². The molecule has 310 valence electrons. The van der Waals surface area contributed by atoms with Crippen molar-refractivity contribution in [3.8, 4) is 34.3 Å². The zero-order valence-corrected chi connectivity index (χ0v) is 35.0. The van der Waals surface area contributed by atoms with Crippen molar-refractivity contribution in [3.05, 3.63) is 101 Å². The van der Waals surface area contributed by atoms with Crippen LogP contribution >= 0.6 is 11.6 Å². The molecule has 0 atom stereocenters. The van der Waals surface area contributed by atoms with Crippen LogP contribution < -0.4 is 15.0 Å². The Kier molecular flexibility index (Phi) is 9.94. The molecule has 4 aliphatic rings. The molecular formula is C46H46ClN11O3. The van der Waals surface area contributed by atoms with Gasteiger partial charge < -0.3 is 19.9 Å². The Hall–Kier alpha value is -6.33. The second-order valence-electron chi connectivity index (χ2n) is 17.4. The summed E-state index contributed by atoms with van der Waals surface area (Å²) >= 11 is 6.16. The first-order valence-corrected chi connectivity index (χ1v) is 21.5. The highest BCUT2D eigenvalue weighted by Crippen LogP contribution is 2.53. The van der Waals surface area contributed by atoms with Crippen LogP contribution in [0.25, 0.3) is 33.3 Å². The van der Waals surface area contributed by atoms with Crippen LogP contribution in [-0.4, -0.2) is 83.2 Å². The van der Waals surface area contributed by atoms with E-state index in [4.69, 9.17) is 36.8 Å². The number of carbonyl (C=O) groups excluding carboxylic acids is 2. The highest BCUT2D eigenvalue weighted by molar-refractivity contribution is 6.31. The van der Waals surface area contributed by atoms with Gasteiger partial charge in [-0.15, -0.1) is 10.2 Å². The van der Waals surface area contributed by atoms with Crippen LogP contribution in [-0.2, 0) is 31.4 Å². The third-order valence-corrected chi connectivity index (χ3v) is 13.5. The molecule has 1 spiro atoms. The molecule has 0 radical (unpaired) electrons. The van der Waals surface area contributed by atoms with Gasteiger partial charge in [-0.25, -0.2) is 0 Å². The van der Waals surface area contributed by atoms with Crippen LogP contribution in [0.2, 0.25) is 5.02 Å². The van der Waals surface area contributed by atoms with Gasteiger partial charge in [0, 0.05) is 111 Å². The lowest BCUT2D eigenvalue weighted by molar-refractivity contribution is -0.129. The zero-order valence-electron chi connectivity index (χ0n) is 34.2. The standard InChI is InChI=1S/C46H46ClN11O3/c1-28(59)56-15-14-42-38(25-56)44(54-55(42)2)36-5-3-4-30-16-41(49-22-37(30)36)32-21-50-58(24-32)23-29-18-46(19-29)26-57(27-46)43-13-12-40(52-53-43)45(60)51-33-7-10-34(11-8-33)61-35-9-6-31(20-48)39(47)17-35/h3-6,9,12-13,16-17,21-22,24,29,33-34H,7-8,10-11,14-15,18-19,23,25-27H2,1-2H3,(H,51,60). The number of halogens is 1. The van der Waals surface area contributed by atoms with E-state index in [1.165, 1.54) is 5.69 Å². The van der Waals surface area contributed by atoms with Crippen molar-refractivity contribution >= 4 is 40.0 Å². The van der Waals surface area contributed by atoms with E-state index in [2.05, 4.69) is 61.6 Å². The van der Waals surface area contributed by atoms with Gasteiger partial charge in [-0.1, -0.05) is 29.8 Å². The van der Waals surface area contributed by atoms with Crippen LogP contribution in [0.1, 0.15) is 72.8 Å². The average molecular weight is 836 g/mol. The van der Waals surface area contributed by atoms with Gasteiger partial charge in [0.2, 0.25) is 5.91 Å². The number of fused-ring (bicyclic) bond motifs is 2. The minimum Gasteiger partial charge on any atom is -0.490 e. The molecule has 6 aromatic rings.